The Bertz CT molecular complexity index is 503. The van der Waals surface area contributed by atoms with Gasteiger partial charge >= 0.3 is 5.75 Å². The number of carbonyl (C=O) groups excluding carboxylic acids is 1. The lowest BCUT2D eigenvalue weighted by Gasteiger charge is -2.03. The molecule has 0 aromatic heterocycles. The summed E-state index contributed by atoms with van der Waals surface area (Å²) in [5.41, 5.74) is 1.26. The molecule has 0 bridgehead atoms. The Morgan fingerprint density at radius 1 is 1.06 bits per heavy atom. The predicted octanol–water partition coefficient (Wildman–Crippen LogP) is 4.07. The summed E-state index contributed by atoms with van der Waals surface area (Å²) < 4.78 is 10.0. The molecule has 18 heavy (non-hydrogen) atoms. The smallest absolute Gasteiger partial charge is 0.351 e. The second kappa shape index (κ2) is 6.26. The molecule has 0 radical (unpaired) electrons. The summed E-state index contributed by atoms with van der Waals surface area (Å²) in [6.45, 7) is 3.38. The highest BCUT2D eigenvalue weighted by Crippen LogP contribution is 2.25. The van der Waals surface area contributed by atoms with Gasteiger partial charge in [0.1, 0.15) is 5.75 Å². The van der Waals surface area contributed by atoms with Gasteiger partial charge in [0.15, 0.2) is 0 Å². The Labute approximate surface area is 111 Å². The van der Waals surface area contributed by atoms with Crippen LogP contribution in [0.4, 0.5) is 0 Å². The molecule has 92 valence electrons. The monoisotopic (exact) mass is 259 g/mol. The van der Waals surface area contributed by atoms with Crippen molar-refractivity contribution in [3.05, 3.63) is 54.1 Å². The van der Waals surface area contributed by atoms with Gasteiger partial charge in [0.25, 0.3) is 6.79 Å². The average molecular weight is 259 g/mol. The summed E-state index contributed by atoms with van der Waals surface area (Å²) in [6, 6.07) is 16.0. The first-order chi connectivity index (χ1) is 8.81. The molecule has 0 amide bonds. The number of hydrogen-bond acceptors (Lipinski definition) is 2. The minimum Gasteiger partial charge on any atom is -0.497 e. The van der Waals surface area contributed by atoms with Crippen LogP contribution in [-0.2, 0) is 10.2 Å². The quantitative estimate of drug-likeness (QED) is 0.596. The van der Waals surface area contributed by atoms with Crippen LogP contribution in [0.2, 0.25) is 0 Å². The zero-order chi connectivity index (χ0) is 12.8. The zero-order valence-electron chi connectivity index (χ0n) is 10.3. The molecule has 0 unspecified atom stereocenters. The topological polar surface area (TPSA) is 20.5 Å². The van der Waals surface area contributed by atoms with Crippen LogP contribution < -0.4 is 4.74 Å². The highest BCUT2D eigenvalue weighted by Gasteiger charge is 2.01. The van der Waals surface area contributed by atoms with E-state index in [9.17, 15) is 0 Å². The largest absolute Gasteiger partial charge is 0.497 e. The second-order valence-corrected chi connectivity index (χ2v) is 4.80. The molecular formula is C15H15O2S+. The van der Waals surface area contributed by atoms with Crippen molar-refractivity contribution in [1.29, 1.82) is 0 Å². The minimum atomic E-state index is 0.785. The van der Waals surface area contributed by atoms with Gasteiger partial charge in [0.05, 0.1) is 7.11 Å². The van der Waals surface area contributed by atoms with Gasteiger partial charge in [-0.1, -0.05) is 0 Å². The second-order valence-electron chi connectivity index (χ2n) is 3.75. The van der Waals surface area contributed by atoms with Crippen LogP contribution in [-0.4, -0.2) is 13.9 Å². The van der Waals surface area contributed by atoms with Crippen molar-refractivity contribution >= 4 is 18.6 Å². The van der Waals surface area contributed by atoms with Gasteiger partial charge in [-0.15, -0.1) is 11.8 Å². The molecule has 0 heterocycles. The molecular weight excluding hydrogens is 244 g/mol. The SMILES string of the molecule is C=[O+]c1ccc(CSc2ccc(OC)cc2)cc1. The first kappa shape index (κ1) is 12.7. The molecule has 0 aliphatic carbocycles. The number of methoxy groups -OCH3 is 1. The highest BCUT2D eigenvalue weighted by molar-refractivity contribution is 7.98. The van der Waals surface area contributed by atoms with E-state index in [0.29, 0.717) is 0 Å². The highest BCUT2D eigenvalue weighted by atomic mass is 32.2. The Morgan fingerprint density at radius 3 is 2.28 bits per heavy atom. The van der Waals surface area contributed by atoms with Crippen LogP contribution in [0, 0.1) is 0 Å². The van der Waals surface area contributed by atoms with Gasteiger partial charge in [0, 0.05) is 22.8 Å². The lowest BCUT2D eigenvalue weighted by atomic mass is 10.2. The van der Waals surface area contributed by atoms with Crippen molar-refractivity contribution in [2.45, 2.75) is 10.6 Å². The molecule has 0 atom stereocenters. The minimum absolute atomic E-state index is 0.785. The lowest BCUT2D eigenvalue weighted by Crippen LogP contribution is -1.82. The van der Waals surface area contributed by atoms with Crippen molar-refractivity contribution in [2.75, 3.05) is 7.11 Å². The van der Waals surface area contributed by atoms with Crippen molar-refractivity contribution < 1.29 is 9.16 Å². The van der Waals surface area contributed by atoms with Crippen molar-refractivity contribution in [2.24, 2.45) is 0 Å². The zero-order valence-corrected chi connectivity index (χ0v) is 11.1. The number of thioether (sulfide) groups is 1. The average Bonchev–Trinajstić information content (AvgIpc) is 2.46. The first-order valence-corrected chi connectivity index (χ1v) is 6.58. The molecule has 0 spiro atoms. The van der Waals surface area contributed by atoms with Gasteiger partial charge < -0.3 is 4.74 Å². The fraction of sp³-hybridized carbons (Fsp3) is 0.133. The molecule has 3 heteroatoms. The summed E-state index contributed by atoms with van der Waals surface area (Å²) in [7, 11) is 1.67. The third kappa shape index (κ3) is 3.37. The van der Waals surface area contributed by atoms with Crippen molar-refractivity contribution in [3.8, 4) is 11.5 Å². The van der Waals surface area contributed by atoms with Crippen LogP contribution >= 0.6 is 11.8 Å². The summed E-state index contributed by atoms with van der Waals surface area (Å²) in [5.74, 6) is 2.61. The number of hydrogen-bond donors (Lipinski definition) is 0. The molecule has 2 aromatic carbocycles. The van der Waals surface area contributed by atoms with Gasteiger partial charge in [-0.25, -0.2) is 4.42 Å². The van der Waals surface area contributed by atoms with Gasteiger partial charge in [-0.3, -0.25) is 0 Å². The molecule has 0 saturated carbocycles. The fourth-order valence-corrected chi connectivity index (χ4v) is 2.37. The molecule has 0 aliphatic rings. The fourth-order valence-electron chi connectivity index (χ4n) is 1.52. The molecule has 2 nitrogen and oxygen atoms in total. The lowest BCUT2D eigenvalue weighted by molar-refractivity contribution is -0.354. The van der Waals surface area contributed by atoms with Crippen LogP contribution in [0.5, 0.6) is 11.5 Å². The normalized spacial score (nSPS) is 10.1. The molecule has 2 aromatic rings. The summed E-state index contributed by atoms with van der Waals surface area (Å²) in [6.07, 6.45) is 0. The van der Waals surface area contributed by atoms with E-state index in [-0.39, 0.29) is 0 Å². The van der Waals surface area contributed by atoms with E-state index < -0.39 is 0 Å². The number of benzene rings is 2. The number of ether oxygens (including phenoxy) is 1. The summed E-state index contributed by atoms with van der Waals surface area (Å²) >= 11 is 1.79. The van der Waals surface area contributed by atoms with E-state index in [1.165, 1.54) is 10.5 Å². The van der Waals surface area contributed by atoms with E-state index in [2.05, 4.69) is 31.1 Å². The van der Waals surface area contributed by atoms with E-state index >= 15 is 0 Å². The van der Waals surface area contributed by atoms with Crippen LogP contribution in [0.1, 0.15) is 5.56 Å². The van der Waals surface area contributed by atoms with Gasteiger partial charge in [-0.05, 0) is 42.0 Å². The third-order valence-corrected chi connectivity index (χ3v) is 3.64. The maximum atomic E-state index is 5.13. The molecule has 0 saturated heterocycles. The Morgan fingerprint density at radius 2 is 1.72 bits per heavy atom. The van der Waals surface area contributed by atoms with E-state index in [1.54, 1.807) is 18.9 Å². The van der Waals surface area contributed by atoms with Gasteiger partial charge in [0.2, 0.25) is 0 Å². The van der Waals surface area contributed by atoms with Crippen LogP contribution in [0.3, 0.4) is 0 Å². The summed E-state index contributed by atoms with van der Waals surface area (Å²) in [5, 5.41) is 0. The van der Waals surface area contributed by atoms with E-state index in [0.717, 1.165) is 17.3 Å². The standard InChI is InChI=1S/C15H15O2S/c1-16-13-5-3-12(4-6-13)11-18-15-9-7-14(17-2)8-10-15/h3-10H,1,11H2,2H3/q+1. The maximum absolute atomic E-state index is 5.13. The Balaban J connectivity index is 1.95. The van der Waals surface area contributed by atoms with Gasteiger partial charge in [-0.2, -0.15) is 0 Å². The van der Waals surface area contributed by atoms with Crippen molar-refractivity contribution in [1.82, 2.24) is 0 Å². The molecule has 0 aliphatic heterocycles. The Kier molecular flexibility index (Phi) is 4.42. The van der Waals surface area contributed by atoms with Crippen LogP contribution in [0.25, 0.3) is 0 Å². The van der Waals surface area contributed by atoms with E-state index in [1.807, 2.05) is 24.3 Å². The molecule has 0 fully saturated rings. The Hall–Kier alpha value is -1.74. The molecule has 0 N–H and O–H groups in total. The predicted molar refractivity (Wildman–Crippen MR) is 75.6 cm³/mol. The van der Waals surface area contributed by atoms with E-state index in [4.69, 9.17) is 9.16 Å². The van der Waals surface area contributed by atoms with Crippen molar-refractivity contribution in [3.63, 3.8) is 0 Å². The molecule has 2 rings (SSSR count). The summed E-state index contributed by atoms with van der Waals surface area (Å²) in [4.78, 5) is 1.23. The first-order valence-electron chi connectivity index (χ1n) is 5.59. The van der Waals surface area contributed by atoms with Crippen LogP contribution in [0.15, 0.2) is 53.4 Å². The third-order valence-electron chi connectivity index (χ3n) is 2.55. The maximum Gasteiger partial charge on any atom is 0.351 e. The number of rotatable bonds is 5.